The van der Waals surface area contributed by atoms with Crippen LogP contribution in [-0.2, 0) is 13.5 Å². The summed E-state index contributed by atoms with van der Waals surface area (Å²) in [6.45, 7) is 0.978. The van der Waals surface area contributed by atoms with Crippen LogP contribution in [0.15, 0.2) is 35.6 Å². The van der Waals surface area contributed by atoms with Gasteiger partial charge in [0.2, 0.25) is 0 Å². The molecule has 0 bridgehead atoms. The fraction of sp³-hybridized carbons (Fsp3) is 0.375. The van der Waals surface area contributed by atoms with Crippen molar-refractivity contribution in [3.8, 4) is 0 Å². The van der Waals surface area contributed by atoms with Crippen molar-refractivity contribution >= 4 is 29.1 Å². The molecule has 0 aliphatic heterocycles. The highest BCUT2D eigenvalue weighted by Gasteiger charge is 2.14. The molecule has 0 saturated heterocycles. The Morgan fingerprint density at radius 1 is 1.32 bits per heavy atom. The summed E-state index contributed by atoms with van der Waals surface area (Å²) >= 11 is 7.52. The first kappa shape index (κ1) is 17.1. The number of thioether (sulfide) groups is 1. The lowest BCUT2D eigenvalue weighted by molar-refractivity contribution is 0.0984. The Hall–Kier alpha value is -1.30. The second-order valence-corrected chi connectivity index (χ2v) is 6.86. The number of carbonyl (C=O) groups is 1. The molecule has 0 fully saturated rings. The number of nitrogens with zero attached hydrogens (tertiary/aromatic N) is 3. The van der Waals surface area contributed by atoms with Gasteiger partial charge in [-0.2, -0.15) is 0 Å². The van der Waals surface area contributed by atoms with E-state index in [4.69, 9.17) is 11.6 Å². The monoisotopic (exact) mass is 337 g/mol. The topological polar surface area (TPSA) is 38.1 Å². The van der Waals surface area contributed by atoms with Crippen molar-refractivity contribution < 1.29 is 4.79 Å². The third kappa shape index (κ3) is 4.60. The molecule has 1 aromatic carbocycles. The van der Waals surface area contributed by atoms with E-state index in [2.05, 4.69) is 9.88 Å². The van der Waals surface area contributed by atoms with E-state index < -0.39 is 0 Å². The molecule has 2 rings (SSSR count). The number of ketones is 1. The third-order valence-corrected chi connectivity index (χ3v) is 4.55. The Labute approximate surface area is 140 Å². The molecule has 0 atom stereocenters. The van der Waals surface area contributed by atoms with Crippen LogP contribution in [-0.4, -0.2) is 46.6 Å². The summed E-state index contributed by atoms with van der Waals surface area (Å²) in [6.07, 6.45) is 2.02. The van der Waals surface area contributed by atoms with Crippen LogP contribution in [0.25, 0.3) is 0 Å². The minimum absolute atomic E-state index is 0.0665. The molecule has 0 amide bonds. The smallest absolute Gasteiger partial charge is 0.185 e. The average Bonchev–Trinajstić information content (AvgIpc) is 2.82. The molecule has 0 aliphatic rings. The summed E-state index contributed by atoms with van der Waals surface area (Å²) in [5.41, 5.74) is 1.60. The van der Waals surface area contributed by atoms with Gasteiger partial charge in [0.1, 0.15) is 5.69 Å². The molecule has 0 N–H and O–H groups in total. The van der Waals surface area contributed by atoms with Gasteiger partial charge in [0.05, 0.1) is 6.20 Å². The van der Waals surface area contributed by atoms with Gasteiger partial charge >= 0.3 is 0 Å². The number of rotatable bonds is 7. The van der Waals surface area contributed by atoms with Gasteiger partial charge in [-0.1, -0.05) is 35.5 Å². The lowest BCUT2D eigenvalue weighted by Crippen LogP contribution is -2.15. The molecule has 0 saturated carbocycles. The third-order valence-electron chi connectivity index (χ3n) is 3.28. The van der Waals surface area contributed by atoms with Crippen LogP contribution < -0.4 is 0 Å². The van der Waals surface area contributed by atoms with Crippen LogP contribution in [0, 0.1) is 0 Å². The van der Waals surface area contributed by atoms with Crippen LogP contribution in [0.5, 0.6) is 0 Å². The molecular formula is C16H20ClN3OS. The Balaban J connectivity index is 2.01. The first-order chi connectivity index (χ1) is 10.5. The highest BCUT2D eigenvalue weighted by atomic mass is 35.5. The number of hydrogen-bond donors (Lipinski definition) is 0. The number of hydrogen-bond acceptors (Lipinski definition) is 4. The van der Waals surface area contributed by atoms with Crippen molar-refractivity contribution in [3.05, 3.63) is 46.7 Å². The second-order valence-electron chi connectivity index (χ2n) is 5.36. The Morgan fingerprint density at radius 2 is 2.00 bits per heavy atom. The fourth-order valence-electron chi connectivity index (χ4n) is 1.98. The molecule has 2 aromatic rings. The summed E-state index contributed by atoms with van der Waals surface area (Å²) in [4.78, 5) is 18.9. The summed E-state index contributed by atoms with van der Waals surface area (Å²) in [5.74, 6) is 1.01. The summed E-state index contributed by atoms with van der Waals surface area (Å²) < 4.78 is 1.87. The minimum atomic E-state index is 0.0665. The SMILES string of the molecule is CN(C)CCSc1ncc(C(=O)Cc2ccc(Cl)cc2)n1C. The Morgan fingerprint density at radius 3 is 2.64 bits per heavy atom. The van der Waals surface area contributed by atoms with E-state index >= 15 is 0 Å². The maximum absolute atomic E-state index is 12.4. The fourth-order valence-corrected chi connectivity index (χ4v) is 3.17. The van der Waals surface area contributed by atoms with Gasteiger partial charge in [-0.25, -0.2) is 4.98 Å². The lowest BCUT2D eigenvalue weighted by atomic mass is 10.1. The van der Waals surface area contributed by atoms with E-state index in [-0.39, 0.29) is 5.78 Å². The summed E-state index contributed by atoms with van der Waals surface area (Å²) in [6, 6.07) is 7.36. The normalized spacial score (nSPS) is 11.1. The molecule has 0 unspecified atom stereocenters. The van der Waals surface area contributed by atoms with Gasteiger partial charge in [-0.05, 0) is 31.8 Å². The average molecular weight is 338 g/mol. The van der Waals surface area contributed by atoms with Crippen molar-refractivity contribution in [3.63, 3.8) is 0 Å². The summed E-state index contributed by atoms with van der Waals surface area (Å²) in [5, 5.41) is 1.55. The van der Waals surface area contributed by atoms with Gasteiger partial charge in [0, 0.05) is 30.8 Å². The minimum Gasteiger partial charge on any atom is -0.320 e. The van der Waals surface area contributed by atoms with Gasteiger partial charge < -0.3 is 9.47 Å². The van der Waals surface area contributed by atoms with E-state index in [1.165, 1.54) is 0 Å². The molecule has 22 heavy (non-hydrogen) atoms. The molecule has 4 nitrogen and oxygen atoms in total. The van der Waals surface area contributed by atoms with Crippen LogP contribution >= 0.6 is 23.4 Å². The maximum Gasteiger partial charge on any atom is 0.185 e. The molecule has 0 spiro atoms. The van der Waals surface area contributed by atoms with E-state index in [1.807, 2.05) is 37.8 Å². The number of imidazole rings is 1. The van der Waals surface area contributed by atoms with Crippen LogP contribution in [0.2, 0.25) is 5.02 Å². The Kier molecular flexibility index (Phi) is 6.06. The molecule has 1 aromatic heterocycles. The van der Waals surface area contributed by atoms with Crippen LogP contribution in [0.3, 0.4) is 0 Å². The second kappa shape index (κ2) is 7.81. The predicted molar refractivity (Wildman–Crippen MR) is 92.0 cm³/mol. The predicted octanol–water partition coefficient (Wildman–Crippen LogP) is 3.15. The number of aromatic nitrogens is 2. The lowest BCUT2D eigenvalue weighted by Gasteiger charge is -2.09. The van der Waals surface area contributed by atoms with Crippen LogP contribution in [0.1, 0.15) is 16.1 Å². The number of Topliss-reactive ketones (excluding diaryl/α,β-unsaturated/α-hetero) is 1. The van der Waals surface area contributed by atoms with Crippen molar-refractivity contribution in [1.29, 1.82) is 0 Å². The van der Waals surface area contributed by atoms with Crippen molar-refractivity contribution in [2.75, 3.05) is 26.4 Å². The molecule has 1 heterocycles. The van der Waals surface area contributed by atoms with Crippen molar-refractivity contribution in [2.45, 2.75) is 11.6 Å². The first-order valence-electron chi connectivity index (χ1n) is 7.04. The van der Waals surface area contributed by atoms with Crippen molar-refractivity contribution in [1.82, 2.24) is 14.5 Å². The van der Waals surface area contributed by atoms with E-state index in [0.29, 0.717) is 17.1 Å². The van der Waals surface area contributed by atoms with Gasteiger partial charge in [0.15, 0.2) is 10.9 Å². The molecular weight excluding hydrogens is 318 g/mol. The van der Waals surface area contributed by atoms with Gasteiger partial charge in [-0.15, -0.1) is 0 Å². The maximum atomic E-state index is 12.4. The summed E-state index contributed by atoms with van der Waals surface area (Å²) in [7, 11) is 5.97. The number of carbonyl (C=O) groups excluding carboxylic acids is 1. The molecule has 6 heteroatoms. The highest BCUT2D eigenvalue weighted by molar-refractivity contribution is 7.99. The zero-order valence-corrected chi connectivity index (χ0v) is 14.6. The van der Waals surface area contributed by atoms with Crippen LogP contribution in [0.4, 0.5) is 0 Å². The molecule has 118 valence electrons. The van der Waals surface area contributed by atoms with Gasteiger partial charge in [-0.3, -0.25) is 4.79 Å². The first-order valence-corrected chi connectivity index (χ1v) is 8.40. The molecule has 0 aliphatic carbocycles. The Bertz CT molecular complexity index is 637. The van der Waals surface area contributed by atoms with E-state index in [1.54, 1.807) is 30.1 Å². The number of halogens is 1. The highest BCUT2D eigenvalue weighted by Crippen LogP contribution is 2.19. The quantitative estimate of drug-likeness (QED) is 0.574. The zero-order chi connectivity index (χ0) is 16.1. The van der Waals surface area contributed by atoms with E-state index in [9.17, 15) is 4.79 Å². The zero-order valence-electron chi connectivity index (χ0n) is 13.0. The largest absolute Gasteiger partial charge is 0.320 e. The van der Waals surface area contributed by atoms with Gasteiger partial charge in [0.25, 0.3) is 0 Å². The van der Waals surface area contributed by atoms with E-state index in [0.717, 1.165) is 23.0 Å². The number of benzene rings is 1. The molecule has 0 radical (unpaired) electrons. The van der Waals surface area contributed by atoms with Crippen molar-refractivity contribution in [2.24, 2.45) is 7.05 Å². The standard InChI is InChI=1S/C16H20ClN3OS/c1-19(2)8-9-22-16-18-11-14(20(16)3)15(21)10-12-4-6-13(17)7-5-12/h4-7,11H,8-10H2,1-3H3.